The van der Waals surface area contributed by atoms with Gasteiger partial charge in [-0.1, -0.05) is 43.7 Å². The van der Waals surface area contributed by atoms with Crippen LogP contribution in [0, 0.1) is 0 Å². The summed E-state index contributed by atoms with van der Waals surface area (Å²) in [5, 5.41) is 0. The summed E-state index contributed by atoms with van der Waals surface area (Å²) in [5.41, 5.74) is 0.156. The van der Waals surface area contributed by atoms with E-state index in [0.29, 0.717) is 6.42 Å². The van der Waals surface area contributed by atoms with E-state index in [4.69, 9.17) is 4.74 Å². The average Bonchev–Trinajstić information content (AvgIpc) is 2.26. The molecule has 4 heteroatoms. The highest BCUT2D eigenvalue weighted by atomic mass is 19.4. The van der Waals surface area contributed by atoms with E-state index in [1.54, 1.807) is 25.1 Å². The summed E-state index contributed by atoms with van der Waals surface area (Å²) < 4.78 is 43.8. The Labute approximate surface area is 99.6 Å². The molecule has 2 atom stereocenters. The van der Waals surface area contributed by atoms with Crippen LogP contribution in [0.5, 0.6) is 0 Å². The Bertz CT molecular complexity index is 321. The fourth-order valence-electron chi connectivity index (χ4n) is 1.68. The minimum absolute atomic E-state index is 0.156. The van der Waals surface area contributed by atoms with Crippen molar-refractivity contribution in [1.82, 2.24) is 0 Å². The Hall–Kier alpha value is -1.03. The van der Waals surface area contributed by atoms with Crippen molar-refractivity contribution in [3.8, 4) is 0 Å². The van der Waals surface area contributed by atoms with E-state index in [9.17, 15) is 13.2 Å². The van der Waals surface area contributed by atoms with Crippen molar-refractivity contribution in [2.45, 2.75) is 45.1 Å². The predicted molar refractivity (Wildman–Crippen MR) is 60.7 cm³/mol. The van der Waals surface area contributed by atoms with Crippen molar-refractivity contribution in [2.75, 3.05) is 0 Å². The molecule has 0 aliphatic carbocycles. The van der Waals surface area contributed by atoms with Crippen molar-refractivity contribution in [2.24, 2.45) is 0 Å². The molecule has 0 saturated carbocycles. The number of alkyl halides is 3. The first-order chi connectivity index (χ1) is 7.95. The Morgan fingerprint density at radius 2 is 1.76 bits per heavy atom. The van der Waals surface area contributed by atoms with Gasteiger partial charge in [0.25, 0.3) is 0 Å². The fraction of sp³-hybridized carbons (Fsp3) is 0.538. The van der Waals surface area contributed by atoms with Gasteiger partial charge < -0.3 is 4.74 Å². The molecule has 0 radical (unpaired) electrons. The molecule has 0 spiro atoms. The van der Waals surface area contributed by atoms with Crippen LogP contribution in [0.3, 0.4) is 0 Å². The lowest BCUT2D eigenvalue weighted by atomic mass is 10.1. The molecule has 96 valence electrons. The molecule has 0 aliphatic heterocycles. The molecule has 1 aromatic carbocycles. The topological polar surface area (TPSA) is 9.23 Å². The lowest BCUT2D eigenvalue weighted by Crippen LogP contribution is -2.27. The molecule has 0 fully saturated rings. The van der Waals surface area contributed by atoms with Gasteiger partial charge in [0.1, 0.15) is 0 Å². The molecule has 0 amide bonds. The molecule has 17 heavy (non-hydrogen) atoms. The zero-order chi connectivity index (χ0) is 12.9. The number of hydrogen-bond acceptors (Lipinski definition) is 1. The van der Waals surface area contributed by atoms with E-state index in [0.717, 1.165) is 6.42 Å². The van der Waals surface area contributed by atoms with Gasteiger partial charge in [0.2, 0.25) is 0 Å². The lowest BCUT2D eigenvalue weighted by Gasteiger charge is -2.24. The van der Waals surface area contributed by atoms with Crippen LogP contribution in [0.1, 0.15) is 38.4 Å². The maximum atomic E-state index is 12.9. The van der Waals surface area contributed by atoms with Crippen molar-refractivity contribution in [1.29, 1.82) is 0 Å². The molecule has 1 unspecified atom stereocenters. The van der Waals surface area contributed by atoms with Crippen LogP contribution in [0.2, 0.25) is 0 Å². The summed E-state index contributed by atoms with van der Waals surface area (Å²) in [6.45, 7) is 3.59. The van der Waals surface area contributed by atoms with E-state index < -0.39 is 18.4 Å². The number of halogens is 3. The van der Waals surface area contributed by atoms with Gasteiger partial charge in [0.05, 0.1) is 6.10 Å². The molecule has 1 nitrogen and oxygen atoms in total. The zero-order valence-electron chi connectivity index (χ0n) is 10.00. The molecule has 1 rings (SSSR count). The third-order valence-electron chi connectivity index (χ3n) is 2.46. The molecular formula is C13H17F3O. The summed E-state index contributed by atoms with van der Waals surface area (Å²) >= 11 is 0. The maximum Gasteiger partial charge on any atom is 0.418 e. The maximum absolute atomic E-state index is 12.9. The SMILES string of the molecule is CCCC(C)O[C@H](c1ccccc1)C(F)(F)F. The van der Waals surface area contributed by atoms with Gasteiger partial charge in [-0.3, -0.25) is 0 Å². The van der Waals surface area contributed by atoms with Crippen LogP contribution < -0.4 is 0 Å². The van der Waals surface area contributed by atoms with Gasteiger partial charge in [-0.2, -0.15) is 13.2 Å². The van der Waals surface area contributed by atoms with Gasteiger partial charge >= 0.3 is 6.18 Å². The van der Waals surface area contributed by atoms with E-state index in [-0.39, 0.29) is 5.56 Å². The summed E-state index contributed by atoms with van der Waals surface area (Å²) in [5.74, 6) is 0. The van der Waals surface area contributed by atoms with Crippen LogP contribution in [0.15, 0.2) is 30.3 Å². The van der Waals surface area contributed by atoms with E-state index >= 15 is 0 Å². The smallest absolute Gasteiger partial charge is 0.361 e. The molecule has 0 bridgehead atoms. The molecule has 1 aromatic rings. The second-order valence-electron chi connectivity index (χ2n) is 4.07. The van der Waals surface area contributed by atoms with Crippen LogP contribution >= 0.6 is 0 Å². The Kier molecular flexibility index (Phi) is 5.00. The minimum atomic E-state index is -4.37. The van der Waals surface area contributed by atoms with Gasteiger partial charge in [-0.05, 0) is 18.9 Å². The first-order valence-corrected chi connectivity index (χ1v) is 5.72. The van der Waals surface area contributed by atoms with Crippen LogP contribution in [0.4, 0.5) is 13.2 Å². The van der Waals surface area contributed by atoms with Crippen molar-refractivity contribution in [3.05, 3.63) is 35.9 Å². The summed E-state index contributed by atoms with van der Waals surface area (Å²) in [6.07, 6.45) is -5.17. The highest BCUT2D eigenvalue weighted by Gasteiger charge is 2.42. The van der Waals surface area contributed by atoms with E-state index in [1.807, 2.05) is 6.92 Å². The van der Waals surface area contributed by atoms with Gasteiger partial charge in [0, 0.05) is 0 Å². The molecule has 0 aromatic heterocycles. The number of rotatable bonds is 5. The van der Waals surface area contributed by atoms with E-state index in [1.165, 1.54) is 12.1 Å². The van der Waals surface area contributed by atoms with Crippen molar-refractivity contribution >= 4 is 0 Å². The largest absolute Gasteiger partial charge is 0.418 e. The van der Waals surface area contributed by atoms with Crippen LogP contribution in [0.25, 0.3) is 0 Å². The standard InChI is InChI=1S/C13H17F3O/c1-3-7-10(2)17-12(13(14,15)16)11-8-5-4-6-9-11/h4-6,8-10,12H,3,7H2,1-2H3/t10?,12-/m1/s1. The second-order valence-corrected chi connectivity index (χ2v) is 4.07. The second kappa shape index (κ2) is 6.05. The highest BCUT2D eigenvalue weighted by molar-refractivity contribution is 5.18. The summed E-state index contributed by atoms with van der Waals surface area (Å²) in [7, 11) is 0. The van der Waals surface area contributed by atoms with Crippen molar-refractivity contribution in [3.63, 3.8) is 0 Å². The minimum Gasteiger partial charge on any atom is -0.361 e. The normalized spacial score (nSPS) is 15.6. The van der Waals surface area contributed by atoms with Crippen LogP contribution in [-0.4, -0.2) is 12.3 Å². The van der Waals surface area contributed by atoms with Gasteiger partial charge in [-0.25, -0.2) is 0 Å². The molecule has 0 saturated heterocycles. The summed E-state index contributed by atoms with van der Waals surface area (Å²) in [6, 6.07) is 7.74. The quantitative estimate of drug-likeness (QED) is 0.743. The highest BCUT2D eigenvalue weighted by Crippen LogP contribution is 2.36. The third kappa shape index (κ3) is 4.38. The summed E-state index contributed by atoms with van der Waals surface area (Å²) in [4.78, 5) is 0. The first-order valence-electron chi connectivity index (χ1n) is 5.72. The van der Waals surface area contributed by atoms with Crippen LogP contribution in [-0.2, 0) is 4.74 Å². The monoisotopic (exact) mass is 246 g/mol. The number of benzene rings is 1. The fourth-order valence-corrected chi connectivity index (χ4v) is 1.68. The Morgan fingerprint density at radius 3 is 2.24 bits per heavy atom. The van der Waals surface area contributed by atoms with Crippen molar-refractivity contribution < 1.29 is 17.9 Å². The first kappa shape index (κ1) is 14.0. The lowest BCUT2D eigenvalue weighted by molar-refractivity contribution is -0.235. The zero-order valence-corrected chi connectivity index (χ0v) is 10.00. The number of hydrogen-bond donors (Lipinski definition) is 0. The number of ether oxygens (including phenoxy) is 1. The molecule has 0 heterocycles. The molecule has 0 aliphatic rings. The van der Waals surface area contributed by atoms with E-state index in [2.05, 4.69) is 0 Å². The predicted octanol–water partition coefficient (Wildman–Crippen LogP) is 4.50. The third-order valence-corrected chi connectivity index (χ3v) is 2.46. The van der Waals surface area contributed by atoms with Gasteiger partial charge in [-0.15, -0.1) is 0 Å². The average molecular weight is 246 g/mol. The Balaban J connectivity index is 2.83. The van der Waals surface area contributed by atoms with Gasteiger partial charge in [0.15, 0.2) is 6.10 Å². The molecular weight excluding hydrogens is 229 g/mol. The Morgan fingerprint density at radius 1 is 1.18 bits per heavy atom. The molecule has 0 N–H and O–H groups in total.